The van der Waals surface area contributed by atoms with Crippen LogP contribution in [0.25, 0.3) is 0 Å². The smallest absolute Gasteiger partial charge is 0.232 e. The van der Waals surface area contributed by atoms with Crippen molar-refractivity contribution in [2.24, 2.45) is 0 Å². The molecule has 0 heterocycles. The fraction of sp³-hybridized carbons (Fsp3) is 0.571. The Morgan fingerprint density at radius 3 is 2.39 bits per heavy atom. The summed E-state index contributed by atoms with van der Waals surface area (Å²) in [5.74, 6) is 0.428. The van der Waals surface area contributed by atoms with E-state index in [1.807, 2.05) is 13.0 Å². The van der Waals surface area contributed by atoms with Gasteiger partial charge in [-0.1, -0.05) is 13.0 Å². The minimum absolute atomic E-state index is 0.00744. The minimum Gasteiger partial charge on any atom is -0.495 e. The van der Waals surface area contributed by atoms with Gasteiger partial charge in [0.2, 0.25) is 20.0 Å². The molecule has 9 heteroatoms. The first-order chi connectivity index (χ1) is 10.6. The van der Waals surface area contributed by atoms with Gasteiger partial charge in [-0.05, 0) is 31.0 Å². The van der Waals surface area contributed by atoms with Gasteiger partial charge in [0.05, 0.1) is 24.8 Å². The van der Waals surface area contributed by atoms with Crippen LogP contribution in [0.15, 0.2) is 18.2 Å². The first kappa shape index (κ1) is 19.7. The van der Waals surface area contributed by atoms with E-state index in [0.717, 1.165) is 16.1 Å². The van der Waals surface area contributed by atoms with Gasteiger partial charge >= 0.3 is 0 Å². The van der Waals surface area contributed by atoms with Crippen molar-refractivity contribution in [2.45, 2.75) is 20.3 Å². The molecule has 0 spiro atoms. The molecule has 0 aliphatic heterocycles. The molecule has 7 nitrogen and oxygen atoms in total. The molecule has 0 radical (unpaired) electrons. The van der Waals surface area contributed by atoms with E-state index < -0.39 is 20.0 Å². The molecule has 0 saturated heterocycles. The third-order valence-electron chi connectivity index (χ3n) is 3.11. The van der Waals surface area contributed by atoms with Crippen LogP contribution < -0.4 is 13.8 Å². The van der Waals surface area contributed by atoms with Gasteiger partial charge in [-0.3, -0.25) is 4.31 Å². The molecule has 1 rings (SSSR count). The third-order valence-corrected chi connectivity index (χ3v) is 5.88. The molecule has 0 bridgehead atoms. The Balaban J connectivity index is 3.02. The summed E-state index contributed by atoms with van der Waals surface area (Å²) >= 11 is 0. The van der Waals surface area contributed by atoms with Gasteiger partial charge in [0.15, 0.2) is 0 Å². The van der Waals surface area contributed by atoms with E-state index in [0.29, 0.717) is 17.9 Å². The Morgan fingerprint density at radius 1 is 1.22 bits per heavy atom. The number of hydrogen-bond donors (Lipinski definition) is 1. The van der Waals surface area contributed by atoms with Crippen LogP contribution in [-0.2, 0) is 20.0 Å². The van der Waals surface area contributed by atoms with Crippen LogP contribution in [-0.4, -0.2) is 49.0 Å². The standard InChI is InChI=1S/C14H24N2O5S2/c1-5-10-23(19,20)15-8-9-16(22(4,17)18)13-11-12(2)6-7-14(13)21-3/h6-7,11,15H,5,8-10H2,1-4H3. The molecule has 0 saturated carbocycles. The van der Waals surface area contributed by atoms with Crippen LogP contribution in [0.5, 0.6) is 5.75 Å². The quantitative estimate of drug-likeness (QED) is 0.708. The fourth-order valence-electron chi connectivity index (χ4n) is 2.10. The number of nitrogens with one attached hydrogen (secondary N) is 1. The topological polar surface area (TPSA) is 92.8 Å². The number of methoxy groups -OCH3 is 1. The van der Waals surface area contributed by atoms with Crippen molar-refractivity contribution < 1.29 is 21.6 Å². The summed E-state index contributed by atoms with van der Waals surface area (Å²) in [7, 11) is -5.50. The van der Waals surface area contributed by atoms with Crippen molar-refractivity contribution in [1.29, 1.82) is 0 Å². The van der Waals surface area contributed by atoms with E-state index in [1.54, 1.807) is 19.1 Å². The van der Waals surface area contributed by atoms with Crippen LogP contribution in [0.3, 0.4) is 0 Å². The van der Waals surface area contributed by atoms with Gasteiger partial charge in [-0.25, -0.2) is 21.6 Å². The Bertz CT molecular complexity index is 730. The van der Waals surface area contributed by atoms with Gasteiger partial charge < -0.3 is 4.74 Å². The number of aryl methyl sites for hydroxylation is 1. The van der Waals surface area contributed by atoms with Crippen LogP contribution in [0.2, 0.25) is 0 Å². The maximum atomic E-state index is 12.1. The molecule has 0 atom stereocenters. The molecule has 0 aliphatic rings. The molecule has 1 aromatic rings. The van der Waals surface area contributed by atoms with Crippen LogP contribution in [0.4, 0.5) is 5.69 Å². The van der Waals surface area contributed by atoms with Crippen molar-refractivity contribution in [3.05, 3.63) is 23.8 Å². The summed E-state index contributed by atoms with van der Waals surface area (Å²) in [6.07, 6.45) is 1.58. The molecule has 1 N–H and O–H groups in total. The highest BCUT2D eigenvalue weighted by Crippen LogP contribution is 2.30. The highest BCUT2D eigenvalue weighted by atomic mass is 32.2. The lowest BCUT2D eigenvalue weighted by atomic mass is 10.2. The first-order valence-corrected chi connectivity index (χ1v) is 10.7. The van der Waals surface area contributed by atoms with Crippen molar-refractivity contribution >= 4 is 25.7 Å². The van der Waals surface area contributed by atoms with E-state index >= 15 is 0 Å². The van der Waals surface area contributed by atoms with Crippen molar-refractivity contribution in [1.82, 2.24) is 4.72 Å². The maximum Gasteiger partial charge on any atom is 0.232 e. The zero-order valence-electron chi connectivity index (χ0n) is 13.9. The van der Waals surface area contributed by atoms with Crippen molar-refractivity contribution in [2.75, 3.05) is 36.5 Å². The van der Waals surface area contributed by atoms with E-state index in [4.69, 9.17) is 4.74 Å². The van der Waals surface area contributed by atoms with Gasteiger partial charge in [-0.15, -0.1) is 0 Å². The summed E-state index contributed by atoms with van der Waals surface area (Å²) in [4.78, 5) is 0. The Hall–Kier alpha value is -1.32. The summed E-state index contributed by atoms with van der Waals surface area (Å²) < 4.78 is 56.3. The van der Waals surface area contributed by atoms with E-state index in [-0.39, 0.29) is 18.8 Å². The highest BCUT2D eigenvalue weighted by molar-refractivity contribution is 7.92. The average Bonchev–Trinajstić information content (AvgIpc) is 2.42. The minimum atomic E-state index is -3.58. The second-order valence-corrected chi connectivity index (χ2v) is 9.06. The number of hydrogen-bond acceptors (Lipinski definition) is 5. The fourth-order valence-corrected chi connectivity index (χ4v) is 4.11. The maximum absolute atomic E-state index is 12.1. The molecule has 23 heavy (non-hydrogen) atoms. The molecular weight excluding hydrogens is 340 g/mol. The lowest BCUT2D eigenvalue weighted by Crippen LogP contribution is -2.39. The number of sulfonamides is 2. The van der Waals surface area contributed by atoms with E-state index in [9.17, 15) is 16.8 Å². The lowest BCUT2D eigenvalue weighted by molar-refractivity contribution is 0.415. The lowest BCUT2D eigenvalue weighted by Gasteiger charge is -2.24. The number of anilines is 1. The molecule has 1 aromatic carbocycles. The molecular formula is C14H24N2O5S2. The van der Waals surface area contributed by atoms with Gasteiger partial charge in [0.1, 0.15) is 5.75 Å². The van der Waals surface area contributed by atoms with Gasteiger partial charge in [-0.2, -0.15) is 0 Å². The van der Waals surface area contributed by atoms with Gasteiger partial charge in [0.25, 0.3) is 0 Å². The third kappa shape index (κ3) is 6.00. The number of benzene rings is 1. The second-order valence-electron chi connectivity index (χ2n) is 5.22. The summed E-state index contributed by atoms with van der Waals surface area (Å²) in [6, 6.07) is 5.19. The van der Waals surface area contributed by atoms with Crippen molar-refractivity contribution in [3.8, 4) is 5.75 Å². The predicted octanol–water partition coefficient (Wildman–Crippen LogP) is 1.10. The Labute approximate surface area is 138 Å². The zero-order chi connectivity index (χ0) is 17.7. The number of rotatable bonds is 9. The Morgan fingerprint density at radius 2 is 1.87 bits per heavy atom. The molecule has 0 unspecified atom stereocenters. The summed E-state index contributed by atoms with van der Waals surface area (Å²) in [6.45, 7) is 3.58. The molecule has 0 fully saturated rings. The van der Waals surface area contributed by atoms with Crippen LogP contribution in [0.1, 0.15) is 18.9 Å². The average molecular weight is 364 g/mol. The number of nitrogens with zero attached hydrogens (tertiary/aromatic N) is 1. The Kier molecular flexibility index (Phi) is 6.84. The molecule has 132 valence electrons. The van der Waals surface area contributed by atoms with Crippen LogP contribution in [0, 0.1) is 6.92 Å². The van der Waals surface area contributed by atoms with Crippen LogP contribution >= 0.6 is 0 Å². The van der Waals surface area contributed by atoms with Gasteiger partial charge in [0, 0.05) is 13.1 Å². The summed E-state index contributed by atoms with van der Waals surface area (Å²) in [5.41, 5.74) is 1.27. The highest BCUT2D eigenvalue weighted by Gasteiger charge is 2.21. The van der Waals surface area contributed by atoms with E-state index in [2.05, 4.69) is 4.72 Å². The SMILES string of the molecule is CCCS(=O)(=O)NCCN(c1cc(C)ccc1OC)S(C)(=O)=O. The largest absolute Gasteiger partial charge is 0.495 e. The number of ether oxygens (including phenoxy) is 1. The zero-order valence-corrected chi connectivity index (χ0v) is 15.5. The molecule has 0 aromatic heterocycles. The normalized spacial score (nSPS) is 12.2. The first-order valence-electron chi connectivity index (χ1n) is 7.20. The summed E-state index contributed by atoms with van der Waals surface area (Å²) in [5, 5.41) is 0. The second kappa shape index (κ2) is 7.98. The predicted molar refractivity (Wildman–Crippen MR) is 92.0 cm³/mol. The molecule has 0 amide bonds. The molecule has 0 aliphatic carbocycles. The van der Waals surface area contributed by atoms with Crippen molar-refractivity contribution in [3.63, 3.8) is 0 Å². The van der Waals surface area contributed by atoms with E-state index in [1.165, 1.54) is 7.11 Å². The monoisotopic (exact) mass is 364 g/mol.